The summed E-state index contributed by atoms with van der Waals surface area (Å²) in [6.45, 7) is 7.62. The van der Waals surface area contributed by atoms with Crippen LogP contribution in [-0.4, -0.2) is 11.3 Å². The topological polar surface area (TPSA) is 47.2 Å². The maximum Gasteiger partial charge on any atom is 0.282 e. The molecule has 0 amide bonds. The van der Waals surface area contributed by atoms with Gasteiger partial charge in [-0.25, -0.2) is 0 Å². The highest BCUT2D eigenvalue weighted by atomic mass is 32.1. The summed E-state index contributed by atoms with van der Waals surface area (Å²) in [5, 5.41) is 3.56. The third-order valence-electron chi connectivity index (χ3n) is 4.02. The molecule has 1 aliphatic heterocycles. The standard InChI is InChI=1S/C16H22N2O2S/c1-16(2,3)14-5-4-13(21-14)12-10-11(6-8-17-12)18-15(19)7-9-20-18/h4-5,7,9,11-12,17H,6,8,10H2,1-3H3/t11-,12+/m1/s1. The quantitative estimate of drug-likeness (QED) is 0.924. The van der Waals surface area contributed by atoms with Crippen molar-refractivity contribution in [3.63, 3.8) is 0 Å². The highest BCUT2D eigenvalue weighted by Crippen LogP contribution is 2.37. The maximum absolute atomic E-state index is 11.7. The number of nitrogens with one attached hydrogen (secondary N) is 1. The molecule has 4 nitrogen and oxygen atoms in total. The summed E-state index contributed by atoms with van der Waals surface area (Å²) in [5.74, 6) is 0. The first-order valence-electron chi connectivity index (χ1n) is 7.45. The summed E-state index contributed by atoms with van der Waals surface area (Å²) in [4.78, 5) is 14.5. The SMILES string of the molecule is CC(C)(C)c1ccc([C@@H]2C[C@H](n3occc3=O)CCN2)s1. The van der Waals surface area contributed by atoms with Crippen LogP contribution in [0.15, 0.2) is 33.8 Å². The number of aromatic nitrogens is 1. The molecule has 5 heteroatoms. The van der Waals surface area contributed by atoms with Crippen molar-refractivity contribution >= 4 is 11.3 Å². The van der Waals surface area contributed by atoms with Crippen molar-refractivity contribution in [2.45, 2.75) is 51.1 Å². The van der Waals surface area contributed by atoms with Gasteiger partial charge in [-0.3, -0.25) is 4.79 Å². The molecule has 21 heavy (non-hydrogen) atoms. The second-order valence-corrected chi connectivity index (χ2v) is 7.82. The molecule has 1 N–H and O–H groups in total. The lowest BCUT2D eigenvalue weighted by molar-refractivity contribution is 0.162. The van der Waals surface area contributed by atoms with E-state index in [9.17, 15) is 4.79 Å². The number of hydrogen-bond donors (Lipinski definition) is 1. The lowest BCUT2D eigenvalue weighted by atomic mass is 9.94. The first kappa shape index (κ1) is 14.6. The molecule has 0 spiro atoms. The van der Waals surface area contributed by atoms with Crippen LogP contribution < -0.4 is 10.9 Å². The van der Waals surface area contributed by atoms with E-state index in [0.717, 1.165) is 19.4 Å². The molecule has 1 saturated heterocycles. The van der Waals surface area contributed by atoms with Gasteiger partial charge in [0.25, 0.3) is 5.56 Å². The Hall–Kier alpha value is -1.33. The Labute approximate surface area is 128 Å². The van der Waals surface area contributed by atoms with Gasteiger partial charge < -0.3 is 9.84 Å². The molecule has 1 fully saturated rings. The lowest BCUT2D eigenvalue weighted by Crippen LogP contribution is -2.34. The fourth-order valence-corrected chi connectivity index (χ4v) is 3.97. The van der Waals surface area contributed by atoms with Gasteiger partial charge in [-0.15, -0.1) is 11.3 Å². The fraction of sp³-hybridized carbons (Fsp3) is 0.562. The van der Waals surface area contributed by atoms with Gasteiger partial charge in [-0.05, 0) is 36.9 Å². The summed E-state index contributed by atoms with van der Waals surface area (Å²) < 4.78 is 6.85. The Bertz CT molecular complexity index is 662. The summed E-state index contributed by atoms with van der Waals surface area (Å²) in [6.07, 6.45) is 3.31. The first-order chi connectivity index (χ1) is 9.95. The Balaban J connectivity index is 1.79. The molecular weight excluding hydrogens is 284 g/mol. The average molecular weight is 306 g/mol. The van der Waals surface area contributed by atoms with Gasteiger partial charge in [0.1, 0.15) is 6.26 Å². The zero-order chi connectivity index (χ0) is 15.0. The number of piperidine rings is 1. The van der Waals surface area contributed by atoms with Gasteiger partial charge >= 0.3 is 0 Å². The van der Waals surface area contributed by atoms with Crippen molar-refractivity contribution in [3.05, 3.63) is 44.6 Å². The number of rotatable bonds is 2. The Morgan fingerprint density at radius 3 is 2.76 bits per heavy atom. The van der Waals surface area contributed by atoms with Crippen molar-refractivity contribution in [1.82, 2.24) is 10.1 Å². The van der Waals surface area contributed by atoms with Crippen LogP contribution in [0.4, 0.5) is 0 Å². The van der Waals surface area contributed by atoms with Crippen molar-refractivity contribution in [1.29, 1.82) is 0 Å². The molecule has 0 saturated carbocycles. The smallest absolute Gasteiger partial charge is 0.282 e. The maximum atomic E-state index is 11.7. The second kappa shape index (κ2) is 5.46. The Morgan fingerprint density at radius 1 is 1.33 bits per heavy atom. The van der Waals surface area contributed by atoms with E-state index in [1.165, 1.54) is 26.8 Å². The van der Waals surface area contributed by atoms with Crippen LogP contribution in [0, 0.1) is 0 Å². The van der Waals surface area contributed by atoms with Crippen molar-refractivity contribution in [3.8, 4) is 0 Å². The predicted octanol–water partition coefficient (Wildman–Crippen LogP) is 3.47. The van der Waals surface area contributed by atoms with Crippen LogP contribution in [0.2, 0.25) is 0 Å². The van der Waals surface area contributed by atoms with Crippen molar-refractivity contribution in [2.75, 3.05) is 6.54 Å². The fourth-order valence-electron chi connectivity index (χ4n) is 2.82. The molecule has 114 valence electrons. The minimum absolute atomic E-state index is 0.0396. The third-order valence-corrected chi connectivity index (χ3v) is 5.64. The monoisotopic (exact) mass is 306 g/mol. The molecule has 0 bridgehead atoms. The molecule has 2 atom stereocenters. The molecule has 2 aromatic rings. The van der Waals surface area contributed by atoms with E-state index in [1.807, 2.05) is 11.3 Å². The summed E-state index contributed by atoms with van der Waals surface area (Å²) in [6, 6.07) is 6.39. The van der Waals surface area contributed by atoms with E-state index in [-0.39, 0.29) is 17.0 Å². The molecule has 2 aromatic heterocycles. The third kappa shape index (κ3) is 2.99. The second-order valence-electron chi connectivity index (χ2n) is 6.71. The largest absolute Gasteiger partial charge is 0.384 e. The minimum atomic E-state index is -0.0396. The summed E-state index contributed by atoms with van der Waals surface area (Å²) in [5.41, 5.74) is 0.150. The molecule has 0 unspecified atom stereocenters. The highest BCUT2D eigenvalue weighted by Gasteiger charge is 2.28. The molecule has 0 aromatic carbocycles. The zero-order valence-corrected chi connectivity index (χ0v) is 13.6. The molecular formula is C16H22N2O2S. The molecule has 0 radical (unpaired) electrons. The Morgan fingerprint density at radius 2 is 2.14 bits per heavy atom. The van der Waals surface area contributed by atoms with E-state index >= 15 is 0 Å². The highest BCUT2D eigenvalue weighted by molar-refractivity contribution is 7.12. The van der Waals surface area contributed by atoms with Crippen LogP contribution in [0.5, 0.6) is 0 Å². The number of hydrogen-bond acceptors (Lipinski definition) is 4. The molecule has 3 rings (SSSR count). The van der Waals surface area contributed by atoms with E-state index in [0.29, 0.717) is 6.04 Å². The number of thiophene rings is 1. The first-order valence-corrected chi connectivity index (χ1v) is 8.27. The number of nitrogens with zero attached hydrogens (tertiary/aromatic N) is 1. The van der Waals surface area contributed by atoms with Crippen LogP contribution in [0.25, 0.3) is 0 Å². The van der Waals surface area contributed by atoms with Gasteiger partial charge in [-0.2, -0.15) is 4.74 Å². The molecule has 0 aliphatic carbocycles. The summed E-state index contributed by atoms with van der Waals surface area (Å²) >= 11 is 1.87. The molecule has 3 heterocycles. The van der Waals surface area contributed by atoms with Crippen LogP contribution >= 0.6 is 11.3 Å². The average Bonchev–Trinajstić information content (AvgIpc) is 3.06. The van der Waals surface area contributed by atoms with E-state index in [2.05, 4.69) is 38.2 Å². The predicted molar refractivity (Wildman–Crippen MR) is 85.0 cm³/mol. The van der Waals surface area contributed by atoms with Gasteiger partial charge in [-0.1, -0.05) is 20.8 Å². The van der Waals surface area contributed by atoms with Gasteiger partial charge in [0.2, 0.25) is 0 Å². The molecule has 1 aliphatic rings. The van der Waals surface area contributed by atoms with Crippen molar-refractivity contribution in [2.24, 2.45) is 0 Å². The lowest BCUT2D eigenvalue weighted by Gasteiger charge is -2.29. The van der Waals surface area contributed by atoms with E-state index in [4.69, 9.17) is 4.52 Å². The van der Waals surface area contributed by atoms with Crippen molar-refractivity contribution < 1.29 is 4.52 Å². The summed E-state index contributed by atoms with van der Waals surface area (Å²) in [7, 11) is 0. The Kier molecular flexibility index (Phi) is 3.80. The van der Waals surface area contributed by atoms with E-state index in [1.54, 1.807) is 0 Å². The van der Waals surface area contributed by atoms with Gasteiger partial charge in [0, 0.05) is 21.9 Å². The van der Waals surface area contributed by atoms with E-state index < -0.39 is 0 Å². The minimum Gasteiger partial charge on any atom is -0.384 e. The zero-order valence-electron chi connectivity index (χ0n) is 12.8. The normalized spacial score (nSPS) is 23.4. The van der Waals surface area contributed by atoms with Gasteiger partial charge in [0.15, 0.2) is 0 Å². The van der Waals surface area contributed by atoms with Crippen LogP contribution in [-0.2, 0) is 5.41 Å². The van der Waals surface area contributed by atoms with Crippen LogP contribution in [0.1, 0.15) is 55.5 Å². The van der Waals surface area contributed by atoms with Crippen LogP contribution in [0.3, 0.4) is 0 Å². The van der Waals surface area contributed by atoms with Gasteiger partial charge in [0.05, 0.1) is 6.04 Å².